The van der Waals surface area contributed by atoms with E-state index in [0.29, 0.717) is 24.7 Å². The van der Waals surface area contributed by atoms with Crippen molar-refractivity contribution in [1.29, 1.82) is 0 Å². The standard InChI is InChI=1S/C24H36N4O4S/c1-4-5-6-9-16-27-19-25-23-22(27)24(29)28(33(30)26(23)2)17-10-7-8-11-18-32-21-14-12-20(31-3)13-15-21/h12-15,19H,4-11,16-18H2,1-3H3. The van der Waals surface area contributed by atoms with Crippen LogP contribution >= 0.6 is 0 Å². The zero-order valence-corrected chi connectivity index (χ0v) is 20.8. The second-order valence-electron chi connectivity index (χ2n) is 8.24. The van der Waals surface area contributed by atoms with Gasteiger partial charge in [0.05, 0.1) is 20.0 Å². The number of benzene rings is 1. The number of aromatic nitrogens is 2. The highest BCUT2D eigenvalue weighted by atomic mass is 32.2. The Morgan fingerprint density at radius 2 is 1.61 bits per heavy atom. The van der Waals surface area contributed by atoms with E-state index in [9.17, 15) is 9.00 Å². The van der Waals surface area contributed by atoms with Crippen molar-refractivity contribution in [1.82, 2.24) is 13.9 Å². The number of fused-ring (bicyclic) bond motifs is 1. The summed E-state index contributed by atoms with van der Waals surface area (Å²) in [7, 11) is 3.38. The van der Waals surface area contributed by atoms with E-state index >= 15 is 0 Å². The summed E-state index contributed by atoms with van der Waals surface area (Å²) < 4.78 is 28.7. The van der Waals surface area contributed by atoms with Gasteiger partial charge in [-0.05, 0) is 43.5 Å². The number of anilines is 1. The molecule has 3 rings (SSSR count). The van der Waals surface area contributed by atoms with E-state index in [1.807, 2.05) is 28.8 Å². The Morgan fingerprint density at radius 3 is 2.33 bits per heavy atom. The van der Waals surface area contributed by atoms with E-state index in [0.717, 1.165) is 56.6 Å². The normalized spacial score (nSPS) is 15.6. The fourth-order valence-electron chi connectivity index (χ4n) is 3.86. The summed E-state index contributed by atoms with van der Waals surface area (Å²) in [4.78, 5) is 17.5. The number of aryl methyl sites for hydroxylation is 1. The number of ether oxygens (including phenoxy) is 2. The first-order chi connectivity index (χ1) is 16.1. The quantitative estimate of drug-likeness (QED) is 0.373. The van der Waals surface area contributed by atoms with Gasteiger partial charge < -0.3 is 14.0 Å². The van der Waals surface area contributed by atoms with Crippen LogP contribution in [-0.2, 0) is 17.7 Å². The molecule has 1 unspecified atom stereocenters. The molecule has 1 aliphatic heterocycles. The number of hydrogen-bond donors (Lipinski definition) is 0. The summed E-state index contributed by atoms with van der Waals surface area (Å²) in [6.45, 7) is 4.05. The first kappa shape index (κ1) is 25.1. The number of nitrogens with zero attached hydrogens (tertiary/aromatic N) is 4. The lowest BCUT2D eigenvalue weighted by Gasteiger charge is -2.31. The average Bonchev–Trinajstić information content (AvgIpc) is 3.26. The van der Waals surface area contributed by atoms with Crippen molar-refractivity contribution in [3.05, 3.63) is 36.3 Å². The summed E-state index contributed by atoms with van der Waals surface area (Å²) in [5.41, 5.74) is 0.557. The molecule has 0 aliphatic carbocycles. The molecule has 0 radical (unpaired) electrons. The lowest BCUT2D eigenvalue weighted by Crippen LogP contribution is -2.46. The number of amides is 1. The fourth-order valence-corrected chi connectivity index (χ4v) is 4.95. The van der Waals surface area contributed by atoms with Gasteiger partial charge in [-0.2, -0.15) is 0 Å². The Kier molecular flexibility index (Phi) is 9.60. The van der Waals surface area contributed by atoms with Crippen LogP contribution in [0.4, 0.5) is 5.82 Å². The van der Waals surface area contributed by atoms with Gasteiger partial charge in [0.15, 0.2) is 11.5 Å². The van der Waals surface area contributed by atoms with Gasteiger partial charge >= 0.3 is 0 Å². The van der Waals surface area contributed by atoms with Crippen molar-refractivity contribution in [2.75, 3.05) is 31.6 Å². The molecule has 33 heavy (non-hydrogen) atoms. The van der Waals surface area contributed by atoms with Crippen LogP contribution in [0.2, 0.25) is 0 Å². The van der Waals surface area contributed by atoms with Crippen molar-refractivity contribution in [2.45, 2.75) is 64.8 Å². The number of unbranched alkanes of at least 4 members (excludes halogenated alkanes) is 6. The Labute approximate surface area is 199 Å². The molecule has 0 spiro atoms. The predicted octanol–water partition coefficient (Wildman–Crippen LogP) is 4.58. The summed E-state index contributed by atoms with van der Waals surface area (Å²) in [6, 6.07) is 7.56. The monoisotopic (exact) mass is 476 g/mol. The molecule has 0 N–H and O–H groups in total. The minimum Gasteiger partial charge on any atom is -0.497 e. The molecular weight excluding hydrogens is 440 g/mol. The third kappa shape index (κ3) is 6.50. The lowest BCUT2D eigenvalue weighted by molar-refractivity contribution is 0.0851. The van der Waals surface area contributed by atoms with Gasteiger partial charge in [-0.25, -0.2) is 13.5 Å². The molecule has 0 bridgehead atoms. The summed E-state index contributed by atoms with van der Waals surface area (Å²) in [6.07, 6.45) is 9.86. The second kappa shape index (κ2) is 12.6. The third-order valence-electron chi connectivity index (χ3n) is 5.80. The highest BCUT2D eigenvalue weighted by molar-refractivity contribution is 7.84. The maximum atomic E-state index is 13.1. The predicted molar refractivity (Wildman–Crippen MR) is 131 cm³/mol. The number of carbonyl (C=O) groups is 1. The van der Waals surface area contributed by atoms with Crippen LogP contribution < -0.4 is 13.8 Å². The van der Waals surface area contributed by atoms with Crippen LogP contribution in [0.5, 0.6) is 11.5 Å². The third-order valence-corrected chi connectivity index (χ3v) is 7.17. The van der Waals surface area contributed by atoms with Crippen LogP contribution in [0.25, 0.3) is 0 Å². The van der Waals surface area contributed by atoms with Gasteiger partial charge in [0.1, 0.15) is 11.5 Å². The van der Waals surface area contributed by atoms with Crippen LogP contribution in [-0.4, -0.2) is 51.3 Å². The smallest absolute Gasteiger partial charge is 0.287 e. The van der Waals surface area contributed by atoms with Gasteiger partial charge in [-0.1, -0.05) is 39.0 Å². The SMILES string of the molecule is CCCCCCn1cnc2c1C(=O)N(CCCCCCOc1ccc(OC)cc1)S(=O)N2C. The molecule has 1 aliphatic rings. The zero-order chi connectivity index (χ0) is 23.6. The largest absolute Gasteiger partial charge is 0.497 e. The van der Waals surface area contributed by atoms with E-state index in [2.05, 4.69) is 11.9 Å². The topological polar surface area (TPSA) is 76.9 Å². The minimum atomic E-state index is -1.54. The molecule has 1 aromatic heterocycles. The van der Waals surface area contributed by atoms with Gasteiger partial charge in [0.2, 0.25) is 11.2 Å². The van der Waals surface area contributed by atoms with Crippen LogP contribution in [0, 0.1) is 0 Å². The van der Waals surface area contributed by atoms with Gasteiger partial charge in [0.25, 0.3) is 5.91 Å². The van der Waals surface area contributed by atoms with Crippen LogP contribution in [0.1, 0.15) is 68.8 Å². The molecular formula is C24H36N4O4S. The Bertz CT molecular complexity index is 916. The zero-order valence-electron chi connectivity index (χ0n) is 20.0. The maximum absolute atomic E-state index is 13.1. The maximum Gasteiger partial charge on any atom is 0.287 e. The second-order valence-corrected chi connectivity index (χ2v) is 9.69. The van der Waals surface area contributed by atoms with Crippen molar-refractivity contribution < 1.29 is 18.5 Å². The first-order valence-electron chi connectivity index (χ1n) is 11.9. The van der Waals surface area contributed by atoms with Crippen LogP contribution in [0.15, 0.2) is 30.6 Å². The first-order valence-corrected chi connectivity index (χ1v) is 12.9. The molecule has 8 nitrogen and oxygen atoms in total. The van der Waals surface area contributed by atoms with Crippen molar-refractivity contribution in [3.63, 3.8) is 0 Å². The Balaban J connectivity index is 1.43. The molecule has 0 fully saturated rings. The summed E-state index contributed by atoms with van der Waals surface area (Å²) in [5.74, 6) is 1.97. The molecule has 2 heterocycles. The van der Waals surface area contributed by atoms with Gasteiger partial charge in [-0.15, -0.1) is 0 Å². The minimum absolute atomic E-state index is 0.183. The molecule has 1 amide bonds. The molecule has 0 saturated heterocycles. The number of imidazole rings is 1. The average molecular weight is 477 g/mol. The summed E-state index contributed by atoms with van der Waals surface area (Å²) >= 11 is -1.54. The van der Waals surface area contributed by atoms with Crippen molar-refractivity contribution >= 4 is 22.9 Å². The van der Waals surface area contributed by atoms with E-state index in [4.69, 9.17) is 9.47 Å². The van der Waals surface area contributed by atoms with E-state index in [1.54, 1.807) is 24.8 Å². The number of methoxy groups -OCH3 is 1. The fraction of sp³-hybridized carbons (Fsp3) is 0.583. The molecule has 2 aromatic rings. The van der Waals surface area contributed by atoms with Crippen molar-refractivity contribution in [3.8, 4) is 11.5 Å². The van der Waals surface area contributed by atoms with E-state index in [1.165, 1.54) is 17.1 Å². The lowest BCUT2D eigenvalue weighted by atomic mass is 10.2. The molecule has 182 valence electrons. The van der Waals surface area contributed by atoms with Gasteiger partial charge in [0, 0.05) is 20.1 Å². The van der Waals surface area contributed by atoms with Gasteiger partial charge in [-0.3, -0.25) is 9.10 Å². The molecule has 1 aromatic carbocycles. The number of rotatable bonds is 14. The van der Waals surface area contributed by atoms with Crippen LogP contribution in [0.3, 0.4) is 0 Å². The molecule has 1 atom stereocenters. The molecule has 0 saturated carbocycles. The van der Waals surface area contributed by atoms with E-state index < -0.39 is 11.2 Å². The number of carbonyl (C=O) groups excluding carboxylic acids is 1. The van der Waals surface area contributed by atoms with Crippen molar-refractivity contribution in [2.24, 2.45) is 0 Å². The van der Waals surface area contributed by atoms with E-state index in [-0.39, 0.29) is 5.91 Å². The summed E-state index contributed by atoms with van der Waals surface area (Å²) in [5, 5.41) is 0. The number of hydrogen-bond acceptors (Lipinski definition) is 5. The molecule has 9 heteroatoms. The Hall–Kier alpha value is -2.55. The Morgan fingerprint density at radius 1 is 0.939 bits per heavy atom. The highest BCUT2D eigenvalue weighted by Gasteiger charge is 2.37. The highest BCUT2D eigenvalue weighted by Crippen LogP contribution is 2.28.